The van der Waals surface area contributed by atoms with Gasteiger partial charge in [0.1, 0.15) is 0 Å². The van der Waals surface area contributed by atoms with E-state index in [-0.39, 0.29) is 6.04 Å². The lowest BCUT2D eigenvalue weighted by Gasteiger charge is -2.19. The van der Waals surface area contributed by atoms with Crippen molar-refractivity contribution in [2.24, 2.45) is 0 Å². The highest BCUT2D eigenvalue weighted by molar-refractivity contribution is 5.93. The van der Waals surface area contributed by atoms with E-state index in [4.69, 9.17) is 5.11 Å². The third kappa shape index (κ3) is 2.86. The van der Waals surface area contributed by atoms with E-state index in [2.05, 4.69) is 20.3 Å². The zero-order valence-electron chi connectivity index (χ0n) is 13.3. The van der Waals surface area contributed by atoms with Gasteiger partial charge in [-0.2, -0.15) is 9.49 Å². The minimum Gasteiger partial charge on any atom is -0.465 e. The van der Waals surface area contributed by atoms with Crippen molar-refractivity contribution in [3.63, 3.8) is 0 Å². The Hall–Kier alpha value is -3.16. The van der Waals surface area contributed by atoms with Gasteiger partial charge in [-0.05, 0) is 30.7 Å². The molecule has 2 N–H and O–H groups in total. The van der Waals surface area contributed by atoms with E-state index in [0.717, 1.165) is 29.6 Å². The van der Waals surface area contributed by atoms with E-state index in [9.17, 15) is 9.18 Å². The maximum absolute atomic E-state index is 13.0. The van der Waals surface area contributed by atoms with Gasteiger partial charge in [-0.15, -0.1) is 0 Å². The van der Waals surface area contributed by atoms with Gasteiger partial charge in [0.2, 0.25) is 5.95 Å². The summed E-state index contributed by atoms with van der Waals surface area (Å²) in [7, 11) is 0. The normalized spacial score (nSPS) is 17.2. The molecule has 0 saturated carbocycles. The summed E-state index contributed by atoms with van der Waals surface area (Å²) in [5, 5.41) is 16.8. The largest absolute Gasteiger partial charge is 0.465 e. The van der Waals surface area contributed by atoms with Crippen LogP contribution >= 0.6 is 0 Å². The lowest BCUT2D eigenvalue weighted by Crippen LogP contribution is -2.36. The second-order valence-corrected chi connectivity index (χ2v) is 5.99. The van der Waals surface area contributed by atoms with Crippen molar-refractivity contribution < 1.29 is 14.3 Å². The van der Waals surface area contributed by atoms with E-state index in [1.807, 2.05) is 18.2 Å². The van der Waals surface area contributed by atoms with Gasteiger partial charge in [-0.1, -0.05) is 6.07 Å². The van der Waals surface area contributed by atoms with Crippen molar-refractivity contribution in [1.29, 1.82) is 0 Å². The first-order chi connectivity index (χ1) is 12.1. The van der Waals surface area contributed by atoms with Crippen LogP contribution in [-0.2, 0) is 0 Å². The first-order valence-electron chi connectivity index (χ1n) is 7.95. The van der Waals surface area contributed by atoms with Gasteiger partial charge in [-0.25, -0.2) is 14.5 Å². The van der Waals surface area contributed by atoms with Crippen molar-refractivity contribution in [3.8, 4) is 5.69 Å². The number of nitrogens with zero attached hydrogens (tertiary/aromatic N) is 4. The molecular formula is C17H16FN5O2. The fraction of sp³-hybridized carbons (Fsp3) is 0.235. The zero-order chi connectivity index (χ0) is 17.4. The smallest absolute Gasteiger partial charge is 0.404 e. The molecule has 2 aromatic heterocycles. The number of hydrogen-bond donors (Lipinski definition) is 2. The molecular weight excluding hydrogens is 325 g/mol. The van der Waals surface area contributed by atoms with Gasteiger partial charge in [-0.3, -0.25) is 0 Å². The second kappa shape index (κ2) is 6.04. The molecule has 1 aliphatic heterocycles. The fourth-order valence-electron chi connectivity index (χ4n) is 3.28. The van der Waals surface area contributed by atoms with Gasteiger partial charge in [0.15, 0.2) is 0 Å². The van der Waals surface area contributed by atoms with E-state index >= 15 is 0 Å². The maximum atomic E-state index is 13.0. The molecule has 0 aliphatic carbocycles. The molecule has 1 saturated heterocycles. The quantitative estimate of drug-likeness (QED) is 0.715. The highest BCUT2D eigenvalue weighted by Crippen LogP contribution is 2.30. The molecule has 8 heteroatoms. The summed E-state index contributed by atoms with van der Waals surface area (Å²) >= 11 is 0. The van der Waals surface area contributed by atoms with Crippen LogP contribution in [-0.4, -0.2) is 45.1 Å². The number of carbonyl (C=O) groups is 1. The van der Waals surface area contributed by atoms with Crippen molar-refractivity contribution in [2.75, 3.05) is 18.0 Å². The molecule has 0 bridgehead atoms. The number of benzene rings is 1. The first kappa shape index (κ1) is 15.4. The van der Waals surface area contributed by atoms with Crippen molar-refractivity contribution in [2.45, 2.75) is 12.5 Å². The average molecular weight is 341 g/mol. The van der Waals surface area contributed by atoms with Crippen LogP contribution < -0.4 is 10.2 Å². The van der Waals surface area contributed by atoms with E-state index in [1.54, 1.807) is 16.9 Å². The minimum absolute atomic E-state index is 0.0795. The summed E-state index contributed by atoms with van der Waals surface area (Å²) in [6.07, 6.45) is 2.98. The summed E-state index contributed by atoms with van der Waals surface area (Å²) in [5.74, 6) is -0.532. The summed E-state index contributed by atoms with van der Waals surface area (Å²) < 4.78 is 14.8. The average Bonchev–Trinajstić information content (AvgIpc) is 3.22. The number of hydrogen-bond acceptors (Lipinski definition) is 4. The SMILES string of the molecule is O=C(O)N[C@H]1CCN(c2cccc3c2cnn3-c2ccc(F)nc2)C1. The van der Waals surface area contributed by atoms with E-state index in [1.165, 1.54) is 12.3 Å². The van der Waals surface area contributed by atoms with Crippen LogP contribution in [0.5, 0.6) is 0 Å². The Kier molecular flexibility index (Phi) is 3.72. The van der Waals surface area contributed by atoms with Gasteiger partial charge >= 0.3 is 6.09 Å². The molecule has 128 valence electrons. The van der Waals surface area contributed by atoms with Crippen LogP contribution in [0.1, 0.15) is 6.42 Å². The summed E-state index contributed by atoms with van der Waals surface area (Å²) in [6, 6.07) is 8.73. The molecule has 4 rings (SSSR count). The molecule has 1 fully saturated rings. The van der Waals surface area contributed by atoms with Crippen molar-refractivity contribution in [3.05, 3.63) is 48.7 Å². The van der Waals surface area contributed by atoms with Crippen LogP contribution in [0.15, 0.2) is 42.7 Å². The minimum atomic E-state index is -0.998. The number of aromatic nitrogens is 3. The van der Waals surface area contributed by atoms with Crippen molar-refractivity contribution >= 4 is 22.7 Å². The molecule has 3 heterocycles. The zero-order valence-corrected chi connectivity index (χ0v) is 13.3. The van der Waals surface area contributed by atoms with E-state index < -0.39 is 12.0 Å². The molecule has 25 heavy (non-hydrogen) atoms. The third-order valence-electron chi connectivity index (χ3n) is 4.40. The van der Waals surface area contributed by atoms with Gasteiger partial charge in [0.05, 0.1) is 29.6 Å². The Morgan fingerprint density at radius 3 is 2.92 bits per heavy atom. The Bertz CT molecular complexity index is 924. The van der Waals surface area contributed by atoms with Gasteiger partial charge in [0, 0.05) is 24.2 Å². The molecule has 7 nitrogen and oxygen atoms in total. The maximum Gasteiger partial charge on any atom is 0.404 e. The summed E-state index contributed by atoms with van der Waals surface area (Å²) in [5.41, 5.74) is 2.58. The van der Waals surface area contributed by atoms with Gasteiger partial charge in [0.25, 0.3) is 0 Å². The van der Waals surface area contributed by atoms with Gasteiger partial charge < -0.3 is 15.3 Å². The Labute approximate surface area is 142 Å². The Balaban J connectivity index is 1.68. The Morgan fingerprint density at radius 2 is 2.16 bits per heavy atom. The number of carboxylic acid groups (broad SMARTS) is 1. The number of amides is 1. The molecule has 1 aliphatic rings. The first-order valence-corrected chi connectivity index (χ1v) is 7.95. The van der Waals surface area contributed by atoms with Crippen LogP contribution in [0.25, 0.3) is 16.6 Å². The monoisotopic (exact) mass is 341 g/mol. The Morgan fingerprint density at radius 1 is 1.28 bits per heavy atom. The highest BCUT2D eigenvalue weighted by atomic mass is 19.1. The third-order valence-corrected chi connectivity index (χ3v) is 4.40. The molecule has 1 amide bonds. The van der Waals surface area contributed by atoms with Crippen LogP contribution in [0.4, 0.5) is 14.9 Å². The molecule has 1 aromatic carbocycles. The van der Waals surface area contributed by atoms with Crippen LogP contribution in [0.3, 0.4) is 0 Å². The number of nitrogens with one attached hydrogen (secondary N) is 1. The van der Waals surface area contributed by atoms with Crippen LogP contribution in [0, 0.1) is 5.95 Å². The van der Waals surface area contributed by atoms with Crippen LogP contribution in [0.2, 0.25) is 0 Å². The molecule has 0 radical (unpaired) electrons. The second-order valence-electron chi connectivity index (χ2n) is 5.99. The molecule has 1 atom stereocenters. The fourth-order valence-corrected chi connectivity index (χ4v) is 3.28. The van der Waals surface area contributed by atoms with Crippen molar-refractivity contribution in [1.82, 2.24) is 20.1 Å². The predicted molar refractivity (Wildman–Crippen MR) is 90.6 cm³/mol. The molecule has 3 aromatic rings. The summed E-state index contributed by atoms with van der Waals surface area (Å²) in [4.78, 5) is 16.6. The topological polar surface area (TPSA) is 83.3 Å². The molecule has 0 unspecified atom stereocenters. The number of pyridine rings is 1. The number of fused-ring (bicyclic) bond motifs is 1. The predicted octanol–water partition coefficient (Wildman–Crippen LogP) is 2.41. The number of halogens is 1. The lowest BCUT2D eigenvalue weighted by atomic mass is 10.2. The van der Waals surface area contributed by atoms with E-state index in [0.29, 0.717) is 12.2 Å². The highest BCUT2D eigenvalue weighted by Gasteiger charge is 2.25. The lowest BCUT2D eigenvalue weighted by molar-refractivity contribution is 0.191. The molecule has 0 spiro atoms. The standard InChI is InChI=1S/C17H16FN5O2/c18-16-5-4-12(8-19-16)23-15-3-1-2-14(13(15)9-20-23)22-7-6-11(10-22)21-17(24)25/h1-5,8-9,11,21H,6-7,10H2,(H,24,25)/t11-/m0/s1. The number of rotatable bonds is 3. The number of anilines is 1. The summed E-state index contributed by atoms with van der Waals surface area (Å²) in [6.45, 7) is 1.39.